The van der Waals surface area contributed by atoms with E-state index in [1.165, 1.54) is 4.57 Å². The Morgan fingerprint density at radius 1 is 1.47 bits per heavy atom. The predicted octanol–water partition coefficient (Wildman–Crippen LogP) is 0.867. The van der Waals surface area contributed by atoms with E-state index in [4.69, 9.17) is 5.11 Å². The van der Waals surface area contributed by atoms with E-state index in [-0.39, 0.29) is 12.5 Å². The van der Waals surface area contributed by atoms with E-state index < -0.39 is 5.97 Å². The van der Waals surface area contributed by atoms with E-state index in [0.29, 0.717) is 11.5 Å². The minimum Gasteiger partial charge on any atom is -0.480 e. The van der Waals surface area contributed by atoms with Crippen LogP contribution in [0.15, 0.2) is 24.4 Å². The highest BCUT2D eigenvalue weighted by atomic mass is 16.4. The number of aryl methyl sites for hydroxylation is 2. The van der Waals surface area contributed by atoms with Gasteiger partial charge < -0.3 is 15.0 Å². The van der Waals surface area contributed by atoms with Gasteiger partial charge in [-0.2, -0.15) is 5.10 Å². The number of nitrogens with zero attached hydrogens (tertiary/aromatic N) is 3. The van der Waals surface area contributed by atoms with E-state index in [0.717, 1.165) is 5.69 Å². The molecule has 0 aliphatic heterocycles. The number of rotatable bonds is 4. The lowest BCUT2D eigenvalue weighted by atomic mass is 10.4. The molecule has 0 bridgehead atoms. The molecule has 0 aliphatic rings. The summed E-state index contributed by atoms with van der Waals surface area (Å²) in [5, 5.41) is 15.6. The number of carboxylic acid groups (broad SMARTS) is 1. The Morgan fingerprint density at radius 2 is 2.21 bits per heavy atom. The molecule has 7 heteroatoms. The minimum absolute atomic E-state index is 0.250. The molecule has 0 atom stereocenters. The molecule has 7 nitrogen and oxygen atoms in total. The number of hydrogen-bond donors (Lipinski definition) is 2. The Balaban J connectivity index is 2.18. The number of anilines is 1. The van der Waals surface area contributed by atoms with Crippen molar-refractivity contribution in [3.8, 4) is 0 Å². The van der Waals surface area contributed by atoms with Crippen LogP contribution in [0.1, 0.15) is 16.2 Å². The zero-order chi connectivity index (χ0) is 14.0. The normalized spacial score (nSPS) is 10.4. The molecule has 1 amide bonds. The van der Waals surface area contributed by atoms with Crippen molar-refractivity contribution in [1.82, 2.24) is 14.3 Å². The molecule has 2 heterocycles. The number of carbonyl (C=O) groups is 2. The van der Waals surface area contributed by atoms with Crippen LogP contribution in [0.4, 0.5) is 5.82 Å². The van der Waals surface area contributed by atoms with Gasteiger partial charge in [-0.05, 0) is 19.1 Å². The largest absolute Gasteiger partial charge is 0.480 e. The summed E-state index contributed by atoms with van der Waals surface area (Å²) in [6, 6.07) is 4.94. The molecule has 0 saturated heterocycles. The Hall–Kier alpha value is -2.57. The van der Waals surface area contributed by atoms with Crippen molar-refractivity contribution in [2.24, 2.45) is 7.05 Å². The quantitative estimate of drug-likeness (QED) is 0.855. The molecule has 0 radical (unpaired) electrons. The Morgan fingerprint density at radius 3 is 2.79 bits per heavy atom. The number of hydrogen-bond acceptors (Lipinski definition) is 3. The van der Waals surface area contributed by atoms with Gasteiger partial charge >= 0.3 is 5.97 Å². The first kappa shape index (κ1) is 12.9. The molecule has 0 aromatic carbocycles. The van der Waals surface area contributed by atoms with Crippen molar-refractivity contribution in [1.29, 1.82) is 0 Å². The van der Waals surface area contributed by atoms with Crippen molar-refractivity contribution in [3.63, 3.8) is 0 Å². The van der Waals surface area contributed by atoms with Crippen LogP contribution in [0.5, 0.6) is 0 Å². The van der Waals surface area contributed by atoms with Crippen LogP contribution in [0, 0.1) is 6.92 Å². The second-order valence-corrected chi connectivity index (χ2v) is 4.16. The average molecular weight is 262 g/mol. The van der Waals surface area contributed by atoms with Crippen LogP contribution in [0.25, 0.3) is 0 Å². The van der Waals surface area contributed by atoms with Gasteiger partial charge in [0.15, 0.2) is 0 Å². The SMILES string of the molecule is Cc1cc(NC(=O)c2cccn2CC(=O)O)n(C)n1. The van der Waals surface area contributed by atoms with Gasteiger partial charge in [0.2, 0.25) is 0 Å². The monoisotopic (exact) mass is 262 g/mol. The van der Waals surface area contributed by atoms with Gasteiger partial charge in [0.05, 0.1) is 5.69 Å². The topological polar surface area (TPSA) is 89.1 Å². The molecule has 0 unspecified atom stereocenters. The predicted molar refractivity (Wildman–Crippen MR) is 68.0 cm³/mol. The van der Waals surface area contributed by atoms with E-state index in [1.807, 2.05) is 6.92 Å². The molecule has 2 aromatic heterocycles. The van der Waals surface area contributed by atoms with Crippen LogP contribution < -0.4 is 5.32 Å². The molecule has 2 aromatic rings. The summed E-state index contributed by atoms with van der Waals surface area (Å²) in [5.41, 5.74) is 1.08. The highest BCUT2D eigenvalue weighted by Crippen LogP contribution is 2.11. The number of nitrogens with one attached hydrogen (secondary N) is 1. The second-order valence-electron chi connectivity index (χ2n) is 4.16. The molecule has 0 spiro atoms. The number of amides is 1. The molecule has 2 rings (SSSR count). The van der Waals surface area contributed by atoms with Crippen LogP contribution in [-0.2, 0) is 18.4 Å². The lowest BCUT2D eigenvalue weighted by Gasteiger charge is -2.07. The average Bonchev–Trinajstić information content (AvgIpc) is 2.85. The first-order valence-electron chi connectivity index (χ1n) is 5.66. The highest BCUT2D eigenvalue weighted by molar-refractivity contribution is 6.02. The van der Waals surface area contributed by atoms with Crippen molar-refractivity contribution in [2.75, 3.05) is 5.32 Å². The zero-order valence-corrected chi connectivity index (χ0v) is 10.6. The molecule has 2 N–H and O–H groups in total. The number of aromatic nitrogens is 3. The lowest BCUT2D eigenvalue weighted by molar-refractivity contribution is -0.137. The fraction of sp³-hybridized carbons (Fsp3) is 0.250. The maximum absolute atomic E-state index is 12.1. The molecule has 100 valence electrons. The smallest absolute Gasteiger partial charge is 0.323 e. The van der Waals surface area contributed by atoms with Crippen LogP contribution in [-0.4, -0.2) is 31.3 Å². The maximum Gasteiger partial charge on any atom is 0.323 e. The summed E-state index contributed by atoms with van der Waals surface area (Å²) in [6.45, 7) is 1.57. The van der Waals surface area contributed by atoms with Gasteiger partial charge in [0, 0.05) is 19.3 Å². The van der Waals surface area contributed by atoms with Crippen molar-refractivity contribution in [3.05, 3.63) is 35.8 Å². The van der Waals surface area contributed by atoms with E-state index in [9.17, 15) is 9.59 Å². The minimum atomic E-state index is -0.998. The van der Waals surface area contributed by atoms with Crippen LogP contribution in [0.3, 0.4) is 0 Å². The second kappa shape index (κ2) is 4.97. The van der Waals surface area contributed by atoms with Crippen molar-refractivity contribution >= 4 is 17.7 Å². The van der Waals surface area contributed by atoms with Gasteiger partial charge in [-0.15, -0.1) is 0 Å². The highest BCUT2D eigenvalue weighted by Gasteiger charge is 2.14. The molecule has 0 fully saturated rings. The molecule has 19 heavy (non-hydrogen) atoms. The third-order valence-electron chi connectivity index (χ3n) is 2.61. The summed E-state index contributed by atoms with van der Waals surface area (Å²) in [4.78, 5) is 22.8. The van der Waals surface area contributed by atoms with Gasteiger partial charge in [0.1, 0.15) is 18.1 Å². The Bertz CT molecular complexity index is 627. The maximum atomic E-state index is 12.1. The van der Waals surface area contributed by atoms with E-state index in [1.54, 1.807) is 36.1 Å². The van der Waals surface area contributed by atoms with Gasteiger partial charge in [-0.3, -0.25) is 14.3 Å². The van der Waals surface area contributed by atoms with Gasteiger partial charge in [-0.1, -0.05) is 0 Å². The lowest BCUT2D eigenvalue weighted by Crippen LogP contribution is -2.20. The fourth-order valence-corrected chi connectivity index (χ4v) is 1.81. The number of carboxylic acids is 1. The fourth-order valence-electron chi connectivity index (χ4n) is 1.81. The first-order chi connectivity index (χ1) is 8.97. The summed E-state index contributed by atoms with van der Waals surface area (Å²) in [6.07, 6.45) is 1.55. The Labute approximate surface area is 109 Å². The third kappa shape index (κ3) is 2.82. The molecular weight excluding hydrogens is 248 g/mol. The van der Waals surface area contributed by atoms with Crippen LogP contribution in [0.2, 0.25) is 0 Å². The van der Waals surface area contributed by atoms with Crippen molar-refractivity contribution in [2.45, 2.75) is 13.5 Å². The molecular formula is C12H14N4O3. The summed E-state index contributed by atoms with van der Waals surface area (Å²) in [5.74, 6) is -0.804. The molecule has 0 saturated carbocycles. The number of carbonyl (C=O) groups excluding carboxylic acids is 1. The van der Waals surface area contributed by atoms with Crippen molar-refractivity contribution < 1.29 is 14.7 Å². The first-order valence-corrected chi connectivity index (χ1v) is 5.66. The van der Waals surface area contributed by atoms with Crippen LogP contribution >= 0.6 is 0 Å². The Kier molecular flexibility index (Phi) is 3.37. The summed E-state index contributed by atoms with van der Waals surface area (Å²) >= 11 is 0. The van der Waals surface area contributed by atoms with E-state index in [2.05, 4.69) is 10.4 Å². The third-order valence-corrected chi connectivity index (χ3v) is 2.61. The van der Waals surface area contributed by atoms with E-state index >= 15 is 0 Å². The van der Waals surface area contributed by atoms with Gasteiger partial charge in [0.25, 0.3) is 5.91 Å². The van der Waals surface area contributed by atoms with Gasteiger partial charge in [-0.25, -0.2) is 0 Å². The summed E-state index contributed by atoms with van der Waals surface area (Å²) < 4.78 is 2.93. The number of aliphatic carboxylic acids is 1. The zero-order valence-electron chi connectivity index (χ0n) is 10.6. The summed E-state index contributed by atoms with van der Waals surface area (Å²) in [7, 11) is 1.72. The standard InChI is InChI=1S/C12H14N4O3/c1-8-6-10(15(2)14-8)13-12(19)9-4-3-5-16(9)7-11(17)18/h3-6H,7H2,1-2H3,(H,13,19)(H,17,18). The molecule has 0 aliphatic carbocycles.